The molecule has 0 aliphatic carbocycles. The second-order valence-corrected chi connectivity index (χ2v) is 7.06. The number of anilines is 1. The van der Waals surface area contributed by atoms with Crippen molar-refractivity contribution in [1.82, 2.24) is 4.90 Å². The lowest BCUT2D eigenvalue weighted by molar-refractivity contribution is -0.145. The molecular formula is C18H25FN2O2. The maximum Gasteiger partial charge on any atom is 0.226 e. The van der Waals surface area contributed by atoms with E-state index in [4.69, 9.17) is 4.74 Å². The summed E-state index contributed by atoms with van der Waals surface area (Å²) in [6.07, 6.45) is 1.58. The molecule has 0 radical (unpaired) electrons. The molecule has 2 aliphatic heterocycles. The van der Waals surface area contributed by atoms with Gasteiger partial charge in [-0.3, -0.25) is 4.79 Å². The first-order valence-corrected chi connectivity index (χ1v) is 8.38. The van der Waals surface area contributed by atoms with Gasteiger partial charge in [0.15, 0.2) is 0 Å². The average Bonchev–Trinajstić information content (AvgIpc) is 2.54. The van der Waals surface area contributed by atoms with Crippen LogP contribution in [0.4, 0.5) is 10.1 Å². The van der Waals surface area contributed by atoms with Gasteiger partial charge in [0.1, 0.15) is 5.82 Å². The Labute approximate surface area is 137 Å². The van der Waals surface area contributed by atoms with Gasteiger partial charge in [-0.15, -0.1) is 0 Å². The molecule has 2 saturated heterocycles. The highest BCUT2D eigenvalue weighted by molar-refractivity contribution is 5.79. The number of hydrogen-bond acceptors (Lipinski definition) is 3. The number of piperazine rings is 1. The van der Waals surface area contributed by atoms with Gasteiger partial charge in [-0.25, -0.2) is 4.39 Å². The zero-order valence-corrected chi connectivity index (χ0v) is 13.9. The molecule has 0 bridgehead atoms. The Kier molecular flexibility index (Phi) is 4.57. The summed E-state index contributed by atoms with van der Waals surface area (Å²) in [4.78, 5) is 16.7. The molecule has 1 amide bonds. The van der Waals surface area contributed by atoms with E-state index in [1.165, 1.54) is 6.07 Å². The van der Waals surface area contributed by atoms with Crippen LogP contribution in [0.15, 0.2) is 24.3 Å². The standard InChI is InChI=1S/C18H25FN2O2/c1-18(2)13-14(7-12-23-18)17(22)21-10-8-20(9-11-21)16-6-4-3-5-15(16)19/h3-6,14H,7-13H2,1-2H3. The number of halogens is 1. The Morgan fingerprint density at radius 2 is 1.91 bits per heavy atom. The van der Waals surface area contributed by atoms with Crippen molar-refractivity contribution < 1.29 is 13.9 Å². The van der Waals surface area contributed by atoms with Crippen LogP contribution in [0.5, 0.6) is 0 Å². The summed E-state index contributed by atoms with van der Waals surface area (Å²) in [5.41, 5.74) is 0.417. The highest BCUT2D eigenvalue weighted by atomic mass is 19.1. The van der Waals surface area contributed by atoms with Gasteiger partial charge in [-0.05, 0) is 38.8 Å². The normalized spacial score (nSPS) is 24.6. The first kappa shape index (κ1) is 16.2. The number of benzene rings is 1. The maximum atomic E-state index is 13.9. The van der Waals surface area contributed by atoms with Crippen molar-refractivity contribution >= 4 is 11.6 Å². The molecule has 0 spiro atoms. The molecule has 1 aromatic rings. The van der Waals surface area contributed by atoms with Crippen LogP contribution in [0.2, 0.25) is 0 Å². The molecule has 1 atom stereocenters. The topological polar surface area (TPSA) is 32.8 Å². The van der Waals surface area contributed by atoms with Gasteiger partial charge < -0.3 is 14.5 Å². The lowest BCUT2D eigenvalue weighted by Crippen LogP contribution is -2.52. The minimum absolute atomic E-state index is 0.0544. The quantitative estimate of drug-likeness (QED) is 0.840. The van der Waals surface area contributed by atoms with E-state index in [9.17, 15) is 9.18 Å². The number of para-hydroxylation sites is 1. The van der Waals surface area contributed by atoms with Crippen molar-refractivity contribution in [1.29, 1.82) is 0 Å². The van der Waals surface area contributed by atoms with Crippen molar-refractivity contribution in [3.05, 3.63) is 30.1 Å². The van der Waals surface area contributed by atoms with Gasteiger partial charge in [0.2, 0.25) is 5.91 Å². The molecule has 3 rings (SSSR count). The van der Waals surface area contributed by atoms with E-state index in [1.807, 2.05) is 29.7 Å². The molecule has 2 fully saturated rings. The number of nitrogens with zero attached hydrogens (tertiary/aromatic N) is 2. The monoisotopic (exact) mass is 320 g/mol. The van der Waals surface area contributed by atoms with Crippen LogP contribution in [0, 0.1) is 11.7 Å². The molecular weight excluding hydrogens is 295 g/mol. The minimum atomic E-state index is -0.215. The van der Waals surface area contributed by atoms with Crippen molar-refractivity contribution in [3.63, 3.8) is 0 Å². The van der Waals surface area contributed by atoms with Crippen LogP contribution in [0.3, 0.4) is 0 Å². The number of rotatable bonds is 2. The Bertz CT molecular complexity index is 568. The summed E-state index contributed by atoms with van der Waals surface area (Å²) < 4.78 is 19.6. The molecule has 1 aromatic carbocycles. The van der Waals surface area contributed by atoms with E-state index in [1.54, 1.807) is 12.1 Å². The molecule has 1 unspecified atom stereocenters. The Balaban J connectivity index is 1.58. The zero-order valence-electron chi connectivity index (χ0n) is 13.9. The van der Waals surface area contributed by atoms with Crippen molar-refractivity contribution in [2.24, 2.45) is 5.92 Å². The highest BCUT2D eigenvalue weighted by Gasteiger charge is 2.35. The lowest BCUT2D eigenvalue weighted by Gasteiger charge is -2.40. The van der Waals surface area contributed by atoms with E-state index in [-0.39, 0.29) is 23.2 Å². The fraction of sp³-hybridized carbons (Fsp3) is 0.611. The van der Waals surface area contributed by atoms with Crippen molar-refractivity contribution in [2.45, 2.75) is 32.3 Å². The second-order valence-electron chi connectivity index (χ2n) is 7.06. The lowest BCUT2D eigenvalue weighted by atomic mass is 9.87. The number of ether oxygens (including phenoxy) is 1. The smallest absolute Gasteiger partial charge is 0.226 e. The Morgan fingerprint density at radius 1 is 1.22 bits per heavy atom. The molecule has 23 heavy (non-hydrogen) atoms. The van der Waals surface area contributed by atoms with Gasteiger partial charge in [0, 0.05) is 38.7 Å². The van der Waals surface area contributed by atoms with Crippen LogP contribution in [-0.2, 0) is 9.53 Å². The first-order valence-electron chi connectivity index (χ1n) is 8.38. The molecule has 126 valence electrons. The Morgan fingerprint density at radius 3 is 2.57 bits per heavy atom. The third-order valence-corrected chi connectivity index (χ3v) is 4.83. The highest BCUT2D eigenvalue weighted by Crippen LogP contribution is 2.30. The number of carbonyl (C=O) groups is 1. The van der Waals surface area contributed by atoms with Crippen LogP contribution in [-0.4, -0.2) is 49.2 Å². The fourth-order valence-corrected chi connectivity index (χ4v) is 3.58. The predicted octanol–water partition coefficient (Wildman–Crippen LogP) is 2.68. The summed E-state index contributed by atoms with van der Waals surface area (Å²) in [7, 11) is 0. The number of carbonyl (C=O) groups excluding carboxylic acids is 1. The van der Waals surface area contributed by atoms with Crippen molar-refractivity contribution in [2.75, 3.05) is 37.7 Å². The largest absolute Gasteiger partial charge is 0.376 e. The summed E-state index contributed by atoms with van der Waals surface area (Å²) >= 11 is 0. The maximum absolute atomic E-state index is 13.9. The van der Waals surface area contributed by atoms with E-state index < -0.39 is 0 Å². The minimum Gasteiger partial charge on any atom is -0.376 e. The van der Waals surface area contributed by atoms with Crippen LogP contribution < -0.4 is 4.90 Å². The molecule has 4 nitrogen and oxygen atoms in total. The van der Waals surface area contributed by atoms with Crippen LogP contribution >= 0.6 is 0 Å². The van der Waals surface area contributed by atoms with Gasteiger partial charge in [-0.2, -0.15) is 0 Å². The first-order chi connectivity index (χ1) is 11.0. The third-order valence-electron chi connectivity index (χ3n) is 4.83. The summed E-state index contributed by atoms with van der Waals surface area (Å²) in [6.45, 7) is 7.41. The van der Waals surface area contributed by atoms with E-state index in [0.29, 0.717) is 38.5 Å². The summed E-state index contributed by atoms with van der Waals surface area (Å²) in [5.74, 6) is 0.0896. The van der Waals surface area contributed by atoms with E-state index >= 15 is 0 Å². The predicted molar refractivity (Wildman–Crippen MR) is 87.9 cm³/mol. The van der Waals surface area contributed by atoms with E-state index in [0.717, 1.165) is 12.8 Å². The fourth-order valence-electron chi connectivity index (χ4n) is 3.58. The SMILES string of the molecule is CC1(C)CC(C(=O)N2CCN(c3ccccc3F)CC2)CCO1. The molecule has 0 aromatic heterocycles. The van der Waals surface area contributed by atoms with Gasteiger partial charge in [0.05, 0.1) is 11.3 Å². The molecule has 2 aliphatic rings. The van der Waals surface area contributed by atoms with Gasteiger partial charge in [0.25, 0.3) is 0 Å². The van der Waals surface area contributed by atoms with Crippen LogP contribution in [0.1, 0.15) is 26.7 Å². The number of amides is 1. The van der Waals surface area contributed by atoms with Gasteiger partial charge >= 0.3 is 0 Å². The number of hydrogen-bond donors (Lipinski definition) is 0. The summed E-state index contributed by atoms with van der Waals surface area (Å²) in [5, 5.41) is 0. The zero-order chi connectivity index (χ0) is 16.4. The molecule has 2 heterocycles. The Hall–Kier alpha value is -1.62. The molecule has 5 heteroatoms. The van der Waals surface area contributed by atoms with Gasteiger partial charge in [-0.1, -0.05) is 12.1 Å². The molecule has 0 N–H and O–H groups in total. The van der Waals surface area contributed by atoms with E-state index in [2.05, 4.69) is 0 Å². The summed E-state index contributed by atoms with van der Waals surface area (Å²) in [6, 6.07) is 6.83. The van der Waals surface area contributed by atoms with Crippen LogP contribution in [0.25, 0.3) is 0 Å². The average molecular weight is 320 g/mol. The third kappa shape index (κ3) is 3.66. The molecule has 0 saturated carbocycles. The van der Waals surface area contributed by atoms with Crippen molar-refractivity contribution in [3.8, 4) is 0 Å². The second kappa shape index (κ2) is 6.48.